The first-order chi connectivity index (χ1) is 20.3. The van der Waals surface area contributed by atoms with Crippen LogP contribution in [0.4, 0.5) is 0 Å². The highest BCUT2D eigenvalue weighted by Gasteiger charge is 2.24. The van der Waals surface area contributed by atoms with Gasteiger partial charge in [-0.25, -0.2) is 0 Å². The van der Waals surface area contributed by atoms with Crippen LogP contribution in [0.15, 0.2) is 138 Å². The fourth-order valence-corrected chi connectivity index (χ4v) is 6.57. The Morgan fingerprint density at radius 1 is 0.561 bits per heavy atom. The number of aromatic nitrogens is 1. The summed E-state index contributed by atoms with van der Waals surface area (Å²) in [5.41, 5.74) is 15.3. The normalized spacial score (nSPS) is 12.0. The van der Waals surface area contributed by atoms with Crippen molar-refractivity contribution in [1.29, 1.82) is 0 Å². The van der Waals surface area contributed by atoms with Crippen molar-refractivity contribution in [3.63, 3.8) is 0 Å². The van der Waals surface area contributed by atoms with Gasteiger partial charge in [0.1, 0.15) is 0 Å². The largest absolute Gasteiger partial charge is 0.309 e. The smallest absolute Gasteiger partial charge is 0.0632 e. The highest BCUT2D eigenvalue weighted by molar-refractivity contribution is 6.10. The van der Waals surface area contributed by atoms with Gasteiger partial charge in [0.15, 0.2) is 0 Å². The molecule has 194 valence electrons. The number of rotatable bonds is 5. The molecule has 1 aliphatic carbocycles. The SMILES string of the molecule is C=NCc1ccc(-c2ccc3c(c2)Cc2c-3cccc2-n2c3ccccc3c3ccc(-c4ccccc4)cc32)cc1. The van der Waals surface area contributed by atoms with Crippen molar-refractivity contribution in [3.05, 3.63) is 150 Å². The number of hydrogen-bond donors (Lipinski definition) is 0. The Bertz CT molecular complexity index is 2100. The molecule has 0 aliphatic heterocycles. The molecule has 1 aliphatic rings. The number of nitrogens with zero attached hydrogens (tertiary/aromatic N) is 2. The highest BCUT2D eigenvalue weighted by atomic mass is 15.0. The molecule has 41 heavy (non-hydrogen) atoms. The van der Waals surface area contributed by atoms with Crippen molar-refractivity contribution in [2.45, 2.75) is 13.0 Å². The van der Waals surface area contributed by atoms with E-state index in [4.69, 9.17) is 0 Å². The second kappa shape index (κ2) is 9.46. The Kier molecular flexibility index (Phi) is 5.46. The predicted octanol–water partition coefficient (Wildman–Crippen LogP) is 9.89. The predicted molar refractivity (Wildman–Crippen MR) is 173 cm³/mol. The Balaban J connectivity index is 1.28. The Labute approximate surface area is 239 Å². The molecule has 0 saturated carbocycles. The number of fused-ring (bicyclic) bond motifs is 6. The molecule has 0 N–H and O–H groups in total. The number of aliphatic imine (C=N–C) groups is 1. The van der Waals surface area contributed by atoms with E-state index in [1.807, 2.05) is 0 Å². The van der Waals surface area contributed by atoms with E-state index in [-0.39, 0.29) is 0 Å². The van der Waals surface area contributed by atoms with Gasteiger partial charge < -0.3 is 4.57 Å². The van der Waals surface area contributed by atoms with Crippen LogP contribution in [0.25, 0.3) is 60.9 Å². The van der Waals surface area contributed by atoms with Crippen LogP contribution in [0, 0.1) is 0 Å². The van der Waals surface area contributed by atoms with Crippen LogP contribution >= 0.6 is 0 Å². The number of hydrogen-bond acceptors (Lipinski definition) is 1. The third kappa shape index (κ3) is 3.83. The lowest BCUT2D eigenvalue weighted by molar-refractivity contribution is 1.08. The van der Waals surface area contributed by atoms with Crippen LogP contribution < -0.4 is 0 Å². The molecule has 0 radical (unpaired) electrons. The summed E-state index contributed by atoms with van der Waals surface area (Å²) in [5.74, 6) is 0. The summed E-state index contributed by atoms with van der Waals surface area (Å²) in [6, 6.07) is 48.8. The Morgan fingerprint density at radius 3 is 2.12 bits per heavy atom. The Hall–Kier alpha value is -5.21. The van der Waals surface area contributed by atoms with Gasteiger partial charge in [-0.05, 0) is 75.0 Å². The molecule has 1 aromatic heterocycles. The summed E-state index contributed by atoms with van der Waals surface area (Å²) >= 11 is 0. The zero-order valence-electron chi connectivity index (χ0n) is 22.7. The van der Waals surface area contributed by atoms with Crippen LogP contribution in [-0.4, -0.2) is 11.3 Å². The Morgan fingerprint density at radius 2 is 1.27 bits per heavy atom. The molecule has 2 heteroatoms. The molecule has 0 amide bonds. The first-order valence-electron chi connectivity index (χ1n) is 14.1. The van der Waals surface area contributed by atoms with Gasteiger partial charge in [-0.2, -0.15) is 0 Å². The van der Waals surface area contributed by atoms with E-state index in [2.05, 4.69) is 150 Å². The monoisotopic (exact) mass is 524 g/mol. The molecule has 0 atom stereocenters. The van der Waals surface area contributed by atoms with E-state index >= 15 is 0 Å². The van der Waals surface area contributed by atoms with E-state index in [0.29, 0.717) is 6.54 Å². The van der Waals surface area contributed by atoms with Crippen molar-refractivity contribution >= 4 is 28.5 Å². The standard InChI is InChI=1S/C39H28N2/c1-40-25-26-14-16-28(17-15-26)29-18-20-32-31(22-29)23-36-33(32)11-7-13-38(36)41-37-12-6-5-10-34(37)35-21-19-30(24-39(35)41)27-8-3-2-4-9-27/h2-22,24H,1,23,25H2. The first-order valence-corrected chi connectivity index (χ1v) is 14.1. The molecule has 0 unspecified atom stereocenters. The minimum absolute atomic E-state index is 0.651. The zero-order valence-corrected chi connectivity index (χ0v) is 22.7. The van der Waals surface area contributed by atoms with Gasteiger partial charge in [-0.15, -0.1) is 0 Å². The van der Waals surface area contributed by atoms with Crippen molar-refractivity contribution in [2.75, 3.05) is 0 Å². The molecule has 0 bridgehead atoms. The second-order valence-corrected chi connectivity index (χ2v) is 10.9. The van der Waals surface area contributed by atoms with Crippen molar-refractivity contribution in [1.82, 2.24) is 4.57 Å². The third-order valence-corrected chi connectivity index (χ3v) is 8.52. The van der Waals surface area contributed by atoms with Gasteiger partial charge in [0, 0.05) is 17.2 Å². The van der Waals surface area contributed by atoms with Gasteiger partial charge in [0.05, 0.1) is 23.3 Å². The van der Waals surface area contributed by atoms with E-state index in [1.54, 1.807) is 0 Å². The lowest BCUT2D eigenvalue weighted by Crippen LogP contribution is -1.99. The van der Waals surface area contributed by atoms with Crippen molar-refractivity contribution < 1.29 is 0 Å². The minimum Gasteiger partial charge on any atom is -0.309 e. The van der Waals surface area contributed by atoms with Gasteiger partial charge >= 0.3 is 0 Å². The van der Waals surface area contributed by atoms with Gasteiger partial charge in [0.2, 0.25) is 0 Å². The van der Waals surface area contributed by atoms with Crippen LogP contribution in [0.5, 0.6) is 0 Å². The molecule has 8 rings (SSSR count). The van der Waals surface area contributed by atoms with Crippen LogP contribution in [-0.2, 0) is 13.0 Å². The average Bonchev–Trinajstić information content (AvgIpc) is 3.57. The summed E-state index contributed by atoms with van der Waals surface area (Å²) in [6.07, 6.45) is 0.916. The lowest BCUT2D eigenvalue weighted by atomic mass is 9.98. The molecular weight excluding hydrogens is 496 g/mol. The van der Waals surface area contributed by atoms with E-state index in [1.165, 1.54) is 77.6 Å². The average molecular weight is 525 g/mol. The van der Waals surface area contributed by atoms with Crippen LogP contribution in [0.2, 0.25) is 0 Å². The van der Waals surface area contributed by atoms with E-state index in [0.717, 1.165) is 6.42 Å². The molecule has 0 fully saturated rings. The minimum atomic E-state index is 0.651. The van der Waals surface area contributed by atoms with Crippen LogP contribution in [0.3, 0.4) is 0 Å². The van der Waals surface area contributed by atoms with Gasteiger partial charge in [-0.1, -0.05) is 115 Å². The molecule has 7 aromatic rings. The lowest BCUT2D eigenvalue weighted by Gasteiger charge is -2.14. The summed E-state index contributed by atoms with van der Waals surface area (Å²) in [7, 11) is 0. The first kappa shape index (κ1) is 23.7. The zero-order chi connectivity index (χ0) is 27.3. The molecule has 0 spiro atoms. The molecule has 2 nitrogen and oxygen atoms in total. The number of benzene rings is 6. The highest BCUT2D eigenvalue weighted by Crippen LogP contribution is 2.43. The van der Waals surface area contributed by atoms with Crippen molar-refractivity contribution in [3.8, 4) is 39.1 Å². The fourth-order valence-electron chi connectivity index (χ4n) is 6.57. The van der Waals surface area contributed by atoms with Crippen LogP contribution in [0.1, 0.15) is 16.7 Å². The van der Waals surface area contributed by atoms with E-state index < -0.39 is 0 Å². The number of para-hydroxylation sites is 1. The molecule has 0 saturated heterocycles. The maximum Gasteiger partial charge on any atom is 0.0632 e. The topological polar surface area (TPSA) is 17.3 Å². The third-order valence-electron chi connectivity index (χ3n) is 8.52. The fraction of sp³-hybridized carbons (Fsp3) is 0.0513. The second-order valence-electron chi connectivity index (χ2n) is 10.9. The molecule has 6 aromatic carbocycles. The quantitative estimate of drug-likeness (QED) is 0.199. The summed E-state index contributed by atoms with van der Waals surface area (Å²) in [4.78, 5) is 4.01. The van der Waals surface area contributed by atoms with Gasteiger partial charge in [-0.3, -0.25) is 4.99 Å². The maximum atomic E-state index is 4.01. The molecule has 1 heterocycles. The summed E-state index contributed by atoms with van der Waals surface area (Å²) < 4.78 is 2.48. The summed E-state index contributed by atoms with van der Waals surface area (Å²) in [6.45, 7) is 4.27. The van der Waals surface area contributed by atoms with E-state index in [9.17, 15) is 0 Å². The van der Waals surface area contributed by atoms with Crippen molar-refractivity contribution in [2.24, 2.45) is 4.99 Å². The molecular formula is C39H28N2. The maximum absolute atomic E-state index is 4.01. The van der Waals surface area contributed by atoms with Gasteiger partial charge in [0.25, 0.3) is 0 Å². The summed E-state index contributed by atoms with van der Waals surface area (Å²) in [5, 5.41) is 2.57.